The molecule has 4 saturated carbocycles. The molecular formula is C28H47N3O. The van der Waals surface area contributed by atoms with Gasteiger partial charge in [0.15, 0.2) is 0 Å². The molecule has 32 heavy (non-hydrogen) atoms. The standard InChI is InChI=1S/C28H47N3O/c1-6-12-28(32)15-14-26(4)21(16-28)7-8-22-24-10-9-23(27(24,5)13-11-25(22)26)19(2)17-31-20(3)29-18-30-31/h18-19,21-25,32H,6-17H2,1-5H3/t19-,21+,22-,23+,24-,25-,26-,27+,28+/m0/s1. The summed E-state index contributed by atoms with van der Waals surface area (Å²) in [6.45, 7) is 13.1. The molecule has 4 heteroatoms. The van der Waals surface area contributed by atoms with Crippen LogP contribution in [-0.2, 0) is 6.54 Å². The minimum atomic E-state index is -0.373. The zero-order chi connectivity index (χ0) is 22.7. The van der Waals surface area contributed by atoms with Gasteiger partial charge in [0.25, 0.3) is 0 Å². The fraction of sp³-hybridized carbons (Fsp3) is 0.929. The van der Waals surface area contributed by atoms with Gasteiger partial charge in [0.05, 0.1) is 5.60 Å². The highest BCUT2D eigenvalue weighted by Crippen LogP contribution is 2.69. The molecule has 4 aliphatic rings. The molecule has 0 aliphatic heterocycles. The number of aliphatic hydroxyl groups is 1. The van der Waals surface area contributed by atoms with Gasteiger partial charge in [-0.15, -0.1) is 0 Å². The molecule has 1 N–H and O–H groups in total. The van der Waals surface area contributed by atoms with Gasteiger partial charge in [0, 0.05) is 6.54 Å². The third-order valence-electron chi connectivity index (χ3n) is 11.6. The van der Waals surface area contributed by atoms with Gasteiger partial charge in [-0.3, -0.25) is 4.68 Å². The largest absolute Gasteiger partial charge is 0.390 e. The number of aromatic nitrogens is 3. The van der Waals surface area contributed by atoms with Crippen molar-refractivity contribution in [1.82, 2.24) is 14.8 Å². The summed E-state index contributed by atoms with van der Waals surface area (Å²) in [7, 11) is 0. The van der Waals surface area contributed by atoms with Crippen LogP contribution in [0.1, 0.15) is 104 Å². The molecule has 0 saturated heterocycles. The number of hydrogen-bond acceptors (Lipinski definition) is 3. The average Bonchev–Trinajstić information content (AvgIpc) is 3.31. The van der Waals surface area contributed by atoms with Crippen LogP contribution in [-0.4, -0.2) is 25.5 Å². The first-order chi connectivity index (χ1) is 15.2. The van der Waals surface area contributed by atoms with E-state index in [1.807, 2.05) is 0 Å². The molecular weight excluding hydrogens is 394 g/mol. The Bertz CT molecular complexity index is 821. The topological polar surface area (TPSA) is 50.9 Å². The molecule has 0 amide bonds. The van der Waals surface area contributed by atoms with E-state index in [1.54, 1.807) is 6.33 Å². The summed E-state index contributed by atoms with van der Waals surface area (Å²) in [5.41, 5.74) is 0.587. The van der Waals surface area contributed by atoms with Crippen molar-refractivity contribution in [3.8, 4) is 0 Å². The van der Waals surface area contributed by atoms with E-state index in [0.717, 1.165) is 67.6 Å². The molecule has 1 aromatic rings. The van der Waals surface area contributed by atoms with E-state index >= 15 is 0 Å². The first-order valence-corrected chi connectivity index (χ1v) is 13.8. The molecule has 0 radical (unpaired) electrons. The lowest BCUT2D eigenvalue weighted by Gasteiger charge is -2.62. The Morgan fingerprint density at radius 3 is 2.56 bits per heavy atom. The van der Waals surface area contributed by atoms with Crippen molar-refractivity contribution in [1.29, 1.82) is 0 Å². The Kier molecular flexibility index (Phi) is 5.79. The third kappa shape index (κ3) is 3.49. The van der Waals surface area contributed by atoms with Crippen LogP contribution in [0.3, 0.4) is 0 Å². The van der Waals surface area contributed by atoms with Crippen LogP contribution in [0, 0.1) is 53.3 Å². The van der Waals surface area contributed by atoms with E-state index in [-0.39, 0.29) is 5.60 Å². The van der Waals surface area contributed by atoms with Crippen LogP contribution in [0.15, 0.2) is 6.33 Å². The van der Waals surface area contributed by atoms with Crippen LogP contribution in [0.4, 0.5) is 0 Å². The summed E-state index contributed by atoms with van der Waals surface area (Å²) in [6.07, 6.45) is 15.6. The quantitative estimate of drug-likeness (QED) is 0.574. The molecule has 5 rings (SSSR count). The highest BCUT2D eigenvalue weighted by molar-refractivity contribution is 5.11. The maximum atomic E-state index is 11.2. The Morgan fingerprint density at radius 1 is 1.06 bits per heavy atom. The molecule has 0 aromatic carbocycles. The van der Waals surface area contributed by atoms with Crippen molar-refractivity contribution in [3.05, 3.63) is 12.2 Å². The summed E-state index contributed by atoms with van der Waals surface area (Å²) in [4.78, 5) is 4.35. The fourth-order valence-electron chi connectivity index (χ4n) is 9.89. The van der Waals surface area contributed by atoms with Gasteiger partial charge in [0.2, 0.25) is 0 Å². The maximum absolute atomic E-state index is 11.2. The first-order valence-electron chi connectivity index (χ1n) is 13.8. The SMILES string of the molecule is CCC[C@@]1(O)CC[C@@]2(C)[C@H](CC[C@@H]3[C@@H]2CC[C@]2(C)[C@@H]([C@@H](C)Cn4ncnc4C)CC[C@@H]32)C1. The van der Waals surface area contributed by atoms with Crippen LogP contribution in [0.2, 0.25) is 0 Å². The lowest BCUT2D eigenvalue weighted by molar-refractivity contribution is -0.153. The normalized spacial score (nSPS) is 46.9. The number of rotatable bonds is 5. The molecule has 0 bridgehead atoms. The zero-order valence-electron chi connectivity index (χ0n) is 21.3. The van der Waals surface area contributed by atoms with Crippen molar-refractivity contribution in [2.45, 2.75) is 117 Å². The van der Waals surface area contributed by atoms with E-state index in [4.69, 9.17) is 0 Å². The summed E-state index contributed by atoms with van der Waals surface area (Å²) in [6, 6.07) is 0. The highest BCUT2D eigenvalue weighted by Gasteiger charge is 2.61. The second kappa shape index (κ2) is 8.10. The van der Waals surface area contributed by atoms with Crippen molar-refractivity contribution < 1.29 is 5.11 Å². The number of hydrogen-bond donors (Lipinski definition) is 1. The van der Waals surface area contributed by atoms with Crippen LogP contribution < -0.4 is 0 Å². The second-order valence-corrected chi connectivity index (χ2v) is 13.0. The minimum Gasteiger partial charge on any atom is -0.390 e. The monoisotopic (exact) mass is 441 g/mol. The summed E-state index contributed by atoms with van der Waals surface area (Å²) in [5.74, 6) is 5.96. The molecule has 1 aromatic heterocycles. The van der Waals surface area contributed by atoms with Crippen LogP contribution >= 0.6 is 0 Å². The van der Waals surface area contributed by atoms with E-state index in [0.29, 0.717) is 16.7 Å². The third-order valence-corrected chi connectivity index (χ3v) is 11.6. The molecule has 4 nitrogen and oxygen atoms in total. The van der Waals surface area contributed by atoms with Crippen molar-refractivity contribution in [2.24, 2.45) is 46.3 Å². The lowest BCUT2D eigenvalue weighted by Crippen LogP contribution is -2.56. The molecule has 0 unspecified atom stereocenters. The van der Waals surface area contributed by atoms with E-state index in [1.165, 1.54) is 44.9 Å². The van der Waals surface area contributed by atoms with E-state index < -0.39 is 0 Å². The number of aryl methyl sites for hydroxylation is 1. The maximum Gasteiger partial charge on any atom is 0.138 e. The fourth-order valence-corrected chi connectivity index (χ4v) is 9.89. The molecule has 4 aliphatic carbocycles. The Labute approximate surface area is 196 Å². The Morgan fingerprint density at radius 2 is 1.84 bits per heavy atom. The molecule has 4 fully saturated rings. The second-order valence-electron chi connectivity index (χ2n) is 13.0. The average molecular weight is 442 g/mol. The predicted molar refractivity (Wildman–Crippen MR) is 129 cm³/mol. The van der Waals surface area contributed by atoms with Crippen LogP contribution in [0.5, 0.6) is 0 Å². The molecule has 1 heterocycles. The van der Waals surface area contributed by atoms with Crippen LogP contribution in [0.25, 0.3) is 0 Å². The zero-order valence-corrected chi connectivity index (χ0v) is 21.3. The number of fused-ring (bicyclic) bond motifs is 5. The highest BCUT2D eigenvalue weighted by atomic mass is 16.3. The van der Waals surface area contributed by atoms with Gasteiger partial charge in [-0.2, -0.15) is 5.10 Å². The van der Waals surface area contributed by atoms with E-state index in [9.17, 15) is 5.11 Å². The minimum absolute atomic E-state index is 0.373. The molecule has 0 spiro atoms. The summed E-state index contributed by atoms with van der Waals surface area (Å²) < 4.78 is 2.12. The first kappa shape index (κ1) is 22.9. The van der Waals surface area contributed by atoms with Gasteiger partial charge >= 0.3 is 0 Å². The van der Waals surface area contributed by atoms with E-state index in [2.05, 4.69) is 49.4 Å². The molecule has 9 atom stereocenters. The van der Waals surface area contributed by atoms with Gasteiger partial charge in [0.1, 0.15) is 12.2 Å². The predicted octanol–water partition coefficient (Wildman–Crippen LogP) is 6.41. The number of nitrogens with zero attached hydrogens (tertiary/aromatic N) is 3. The summed E-state index contributed by atoms with van der Waals surface area (Å²) in [5, 5.41) is 15.7. The molecule has 180 valence electrons. The Balaban J connectivity index is 1.32. The lowest BCUT2D eigenvalue weighted by atomic mass is 9.43. The van der Waals surface area contributed by atoms with Crippen molar-refractivity contribution >= 4 is 0 Å². The van der Waals surface area contributed by atoms with Gasteiger partial charge < -0.3 is 5.11 Å². The van der Waals surface area contributed by atoms with Gasteiger partial charge in [-0.1, -0.05) is 34.1 Å². The van der Waals surface area contributed by atoms with Gasteiger partial charge in [-0.05, 0) is 117 Å². The van der Waals surface area contributed by atoms with Gasteiger partial charge in [-0.25, -0.2) is 4.98 Å². The van der Waals surface area contributed by atoms with Crippen molar-refractivity contribution in [3.63, 3.8) is 0 Å². The van der Waals surface area contributed by atoms with Crippen molar-refractivity contribution in [2.75, 3.05) is 0 Å². The smallest absolute Gasteiger partial charge is 0.138 e. The summed E-state index contributed by atoms with van der Waals surface area (Å²) >= 11 is 0. The Hall–Kier alpha value is -0.900.